The van der Waals surface area contributed by atoms with E-state index >= 15 is 0 Å². The van der Waals surface area contributed by atoms with Crippen LogP contribution in [-0.2, 0) is 4.74 Å². The first-order chi connectivity index (χ1) is 8.61. The zero-order valence-corrected chi connectivity index (χ0v) is 11.0. The maximum atomic E-state index is 13.7. The van der Waals surface area contributed by atoms with E-state index in [0.717, 1.165) is 0 Å². The Morgan fingerprint density at radius 3 is 2.94 bits per heavy atom. The molecule has 0 bridgehead atoms. The molecule has 0 atom stereocenters. The molecule has 18 heavy (non-hydrogen) atoms. The lowest BCUT2D eigenvalue weighted by Crippen LogP contribution is -2.04. The number of carbonyl (C=O) groups excluding carboxylic acids is 1. The molecule has 0 aliphatic heterocycles. The standard InChI is InChI=1S/C12H9BrFNO3/c1-2-17-12(16)10-6-11(18-15-10)8-4-3-7(13)5-9(8)14/h3-6H,2H2,1H3. The van der Waals surface area contributed by atoms with Crippen molar-refractivity contribution in [3.8, 4) is 11.3 Å². The number of ether oxygens (including phenoxy) is 1. The minimum absolute atomic E-state index is 0.0224. The molecule has 0 saturated carbocycles. The van der Waals surface area contributed by atoms with Gasteiger partial charge in [0, 0.05) is 10.5 Å². The van der Waals surface area contributed by atoms with E-state index in [1.54, 1.807) is 13.0 Å². The Labute approximate surface area is 111 Å². The lowest BCUT2D eigenvalue weighted by atomic mass is 10.1. The van der Waals surface area contributed by atoms with Gasteiger partial charge in [-0.25, -0.2) is 9.18 Å². The molecule has 0 fully saturated rings. The van der Waals surface area contributed by atoms with Crippen LogP contribution in [0.25, 0.3) is 11.3 Å². The Bertz CT molecular complexity index is 582. The van der Waals surface area contributed by atoms with Crippen LogP contribution in [0.4, 0.5) is 4.39 Å². The van der Waals surface area contributed by atoms with Gasteiger partial charge in [0.25, 0.3) is 0 Å². The molecule has 0 saturated heterocycles. The summed E-state index contributed by atoms with van der Waals surface area (Å²) in [6.45, 7) is 1.93. The molecular formula is C12H9BrFNO3. The van der Waals surface area contributed by atoms with Crippen LogP contribution in [0, 0.1) is 5.82 Å². The third kappa shape index (κ3) is 2.59. The average Bonchev–Trinajstić information content (AvgIpc) is 2.78. The van der Waals surface area contributed by atoms with E-state index < -0.39 is 11.8 Å². The van der Waals surface area contributed by atoms with Gasteiger partial charge in [-0.3, -0.25) is 0 Å². The first-order valence-electron chi connectivity index (χ1n) is 5.21. The summed E-state index contributed by atoms with van der Waals surface area (Å²) < 4.78 is 24.0. The van der Waals surface area contributed by atoms with Crippen molar-refractivity contribution in [1.29, 1.82) is 0 Å². The summed E-state index contributed by atoms with van der Waals surface area (Å²) in [6.07, 6.45) is 0. The quantitative estimate of drug-likeness (QED) is 0.815. The van der Waals surface area contributed by atoms with Crippen molar-refractivity contribution in [3.63, 3.8) is 0 Å². The van der Waals surface area contributed by atoms with Gasteiger partial charge >= 0.3 is 5.97 Å². The maximum Gasteiger partial charge on any atom is 0.360 e. The van der Waals surface area contributed by atoms with Crippen LogP contribution < -0.4 is 0 Å². The summed E-state index contributed by atoms with van der Waals surface area (Å²) >= 11 is 3.16. The summed E-state index contributed by atoms with van der Waals surface area (Å²) in [5, 5.41) is 3.55. The van der Waals surface area contributed by atoms with Crippen LogP contribution in [0.2, 0.25) is 0 Å². The van der Waals surface area contributed by atoms with Crippen LogP contribution in [0.3, 0.4) is 0 Å². The van der Waals surface area contributed by atoms with Crippen molar-refractivity contribution in [2.45, 2.75) is 6.92 Å². The van der Waals surface area contributed by atoms with E-state index in [2.05, 4.69) is 21.1 Å². The highest BCUT2D eigenvalue weighted by Gasteiger charge is 2.16. The number of rotatable bonds is 3. The Balaban J connectivity index is 2.32. The Hall–Kier alpha value is -1.69. The number of esters is 1. The molecule has 0 aliphatic carbocycles. The highest BCUT2D eigenvalue weighted by Crippen LogP contribution is 2.26. The van der Waals surface area contributed by atoms with Crippen molar-refractivity contribution < 1.29 is 18.4 Å². The zero-order chi connectivity index (χ0) is 13.1. The maximum absolute atomic E-state index is 13.7. The summed E-state index contributed by atoms with van der Waals surface area (Å²) in [6, 6.07) is 5.87. The second-order valence-electron chi connectivity index (χ2n) is 3.42. The molecule has 2 rings (SSSR count). The predicted molar refractivity (Wildman–Crippen MR) is 65.6 cm³/mol. The zero-order valence-electron chi connectivity index (χ0n) is 9.44. The van der Waals surface area contributed by atoms with Gasteiger partial charge in [0.1, 0.15) is 5.82 Å². The van der Waals surface area contributed by atoms with Gasteiger partial charge < -0.3 is 9.26 Å². The number of hydrogen-bond donors (Lipinski definition) is 0. The summed E-state index contributed by atoms with van der Waals surface area (Å²) in [5.74, 6) is -0.871. The van der Waals surface area contributed by atoms with Gasteiger partial charge in [0.05, 0.1) is 12.2 Å². The van der Waals surface area contributed by atoms with Crippen molar-refractivity contribution >= 4 is 21.9 Å². The molecule has 2 aromatic rings. The van der Waals surface area contributed by atoms with E-state index in [1.807, 2.05) is 0 Å². The van der Waals surface area contributed by atoms with Crippen LogP contribution >= 0.6 is 15.9 Å². The van der Waals surface area contributed by atoms with Gasteiger partial charge in [0.2, 0.25) is 0 Å². The number of nitrogens with zero attached hydrogens (tertiary/aromatic N) is 1. The van der Waals surface area contributed by atoms with E-state index in [1.165, 1.54) is 18.2 Å². The first-order valence-corrected chi connectivity index (χ1v) is 6.00. The normalized spacial score (nSPS) is 10.4. The van der Waals surface area contributed by atoms with Crippen molar-refractivity contribution in [1.82, 2.24) is 5.16 Å². The number of halogens is 2. The fraction of sp³-hybridized carbons (Fsp3) is 0.167. The topological polar surface area (TPSA) is 52.3 Å². The first kappa shape index (κ1) is 12.8. The lowest BCUT2D eigenvalue weighted by Gasteiger charge is -1.98. The molecule has 0 amide bonds. The van der Waals surface area contributed by atoms with E-state index in [0.29, 0.717) is 4.47 Å². The fourth-order valence-electron chi connectivity index (χ4n) is 1.39. The molecule has 0 spiro atoms. The van der Waals surface area contributed by atoms with Crippen LogP contribution in [0.15, 0.2) is 33.3 Å². The summed E-state index contributed by atoms with van der Waals surface area (Å²) in [7, 11) is 0. The highest BCUT2D eigenvalue weighted by molar-refractivity contribution is 9.10. The minimum atomic E-state index is -0.593. The van der Waals surface area contributed by atoms with Gasteiger partial charge in [-0.1, -0.05) is 21.1 Å². The molecule has 0 N–H and O–H groups in total. The minimum Gasteiger partial charge on any atom is -0.461 e. The summed E-state index contributed by atoms with van der Waals surface area (Å²) in [5.41, 5.74) is 0.260. The van der Waals surface area contributed by atoms with E-state index in [4.69, 9.17) is 9.26 Å². The predicted octanol–water partition coefficient (Wildman–Crippen LogP) is 3.42. The van der Waals surface area contributed by atoms with Gasteiger partial charge in [-0.15, -0.1) is 0 Å². The molecular weight excluding hydrogens is 305 g/mol. The number of hydrogen-bond acceptors (Lipinski definition) is 4. The molecule has 4 nitrogen and oxygen atoms in total. The van der Waals surface area contributed by atoms with Crippen molar-refractivity contribution in [3.05, 3.63) is 40.2 Å². The Kier molecular flexibility index (Phi) is 3.76. The van der Waals surface area contributed by atoms with Crippen molar-refractivity contribution in [2.24, 2.45) is 0 Å². The lowest BCUT2D eigenvalue weighted by molar-refractivity contribution is 0.0514. The number of aromatic nitrogens is 1. The third-order valence-electron chi connectivity index (χ3n) is 2.19. The fourth-order valence-corrected chi connectivity index (χ4v) is 1.73. The molecule has 0 radical (unpaired) electrons. The molecule has 0 unspecified atom stereocenters. The number of benzene rings is 1. The number of carbonyl (C=O) groups is 1. The highest BCUT2D eigenvalue weighted by atomic mass is 79.9. The molecule has 1 aromatic carbocycles. The monoisotopic (exact) mass is 313 g/mol. The largest absolute Gasteiger partial charge is 0.461 e. The van der Waals surface area contributed by atoms with Gasteiger partial charge in [-0.05, 0) is 25.1 Å². The third-order valence-corrected chi connectivity index (χ3v) is 2.68. The van der Waals surface area contributed by atoms with Crippen molar-refractivity contribution in [2.75, 3.05) is 6.61 Å². The second-order valence-corrected chi connectivity index (χ2v) is 4.34. The smallest absolute Gasteiger partial charge is 0.360 e. The Morgan fingerprint density at radius 1 is 1.50 bits per heavy atom. The van der Waals surface area contributed by atoms with Crippen LogP contribution in [0.5, 0.6) is 0 Å². The second kappa shape index (κ2) is 5.30. The van der Waals surface area contributed by atoms with Crippen LogP contribution in [-0.4, -0.2) is 17.7 Å². The molecule has 1 aromatic heterocycles. The summed E-state index contributed by atoms with van der Waals surface area (Å²) in [4.78, 5) is 11.4. The van der Waals surface area contributed by atoms with Gasteiger partial charge in [0.15, 0.2) is 11.5 Å². The van der Waals surface area contributed by atoms with Crippen LogP contribution in [0.1, 0.15) is 17.4 Å². The molecule has 0 aliphatic rings. The molecule has 6 heteroatoms. The van der Waals surface area contributed by atoms with E-state index in [-0.39, 0.29) is 23.6 Å². The molecule has 1 heterocycles. The average molecular weight is 314 g/mol. The Morgan fingerprint density at radius 2 is 2.28 bits per heavy atom. The molecule has 94 valence electrons. The van der Waals surface area contributed by atoms with E-state index in [9.17, 15) is 9.18 Å². The SMILES string of the molecule is CCOC(=O)c1cc(-c2ccc(Br)cc2F)on1. The van der Waals surface area contributed by atoms with Gasteiger partial charge in [-0.2, -0.15) is 0 Å².